The maximum atomic E-state index is 11.4. The highest BCUT2D eigenvalue weighted by Crippen LogP contribution is 2.24. The number of hydrogen-bond donors (Lipinski definition) is 2. The van der Waals surface area contributed by atoms with E-state index in [1.165, 1.54) is 0 Å². The van der Waals surface area contributed by atoms with Crippen molar-refractivity contribution in [2.75, 3.05) is 41.9 Å². The van der Waals surface area contributed by atoms with Crippen molar-refractivity contribution in [3.05, 3.63) is 6.20 Å². The predicted octanol–water partition coefficient (Wildman–Crippen LogP) is -0.0367. The highest BCUT2D eigenvalue weighted by atomic mass is 32.2. The van der Waals surface area contributed by atoms with E-state index < -0.39 is 10.8 Å². The van der Waals surface area contributed by atoms with Crippen LogP contribution in [0.5, 0.6) is 0 Å². The third kappa shape index (κ3) is 1.92. The largest absolute Gasteiger partial charge is 0.357 e. The number of nitrogens with one attached hydrogen (secondary N) is 2. The summed E-state index contributed by atoms with van der Waals surface area (Å²) < 4.78 is 11.4. The van der Waals surface area contributed by atoms with Crippen LogP contribution in [0.15, 0.2) is 6.20 Å². The Hall–Kier alpha value is -1.70. The molecule has 3 heterocycles. The third-order valence-electron chi connectivity index (χ3n) is 2.99. The van der Waals surface area contributed by atoms with Crippen LogP contribution in [0.25, 0.3) is 11.0 Å². The van der Waals surface area contributed by atoms with Gasteiger partial charge in [-0.15, -0.1) is 0 Å². The molecule has 3 rings (SSSR count). The van der Waals surface area contributed by atoms with Gasteiger partial charge < -0.3 is 10.2 Å². The molecule has 0 radical (unpaired) electrons. The van der Waals surface area contributed by atoms with Crippen LogP contribution < -0.4 is 10.2 Å². The van der Waals surface area contributed by atoms with Gasteiger partial charge in [0.2, 0.25) is 5.95 Å². The first kappa shape index (κ1) is 11.4. The highest BCUT2D eigenvalue weighted by Gasteiger charge is 2.20. The number of aromatic nitrogens is 4. The van der Waals surface area contributed by atoms with Gasteiger partial charge in [-0.3, -0.25) is 9.31 Å². The average Bonchev–Trinajstić information content (AvgIpc) is 2.86. The molecule has 0 atom stereocenters. The lowest BCUT2D eigenvalue weighted by molar-refractivity contribution is 0.672. The number of anilines is 2. The summed E-state index contributed by atoms with van der Waals surface area (Å²) in [6.45, 7) is 1.51. The average molecular weight is 266 g/mol. The topological polar surface area (TPSA) is 86.8 Å². The van der Waals surface area contributed by atoms with Crippen molar-refractivity contribution in [1.29, 1.82) is 0 Å². The highest BCUT2D eigenvalue weighted by molar-refractivity contribution is 7.85. The van der Waals surface area contributed by atoms with Crippen LogP contribution in [0, 0.1) is 0 Å². The fourth-order valence-corrected chi connectivity index (χ4v) is 3.07. The van der Waals surface area contributed by atoms with Crippen LogP contribution in [-0.2, 0) is 10.8 Å². The number of rotatable bonds is 2. The van der Waals surface area contributed by atoms with E-state index >= 15 is 0 Å². The lowest BCUT2D eigenvalue weighted by Crippen LogP contribution is -2.38. The summed E-state index contributed by atoms with van der Waals surface area (Å²) >= 11 is 0. The van der Waals surface area contributed by atoms with Gasteiger partial charge in [0.05, 0.1) is 11.6 Å². The van der Waals surface area contributed by atoms with Crippen molar-refractivity contribution in [3.8, 4) is 0 Å². The molecule has 0 bridgehead atoms. The molecule has 0 amide bonds. The van der Waals surface area contributed by atoms with E-state index in [1.54, 1.807) is 13.2 Å². The Morgan fingerprint density at radius 1 is 1.39 bits per heavy atom. The molecular formula is C10H14N6OS. The second kappa shape index (κ2) is 4.52. The third-order valence-corrected chi connectivity index (χ3v) is 4.27. The van der Waals surface area contributed by atoms with Crippen molar-refractivity contribution < 1.29 is 4.21 Å². The summed E-state index contributed by atoms with van der Waals surface area (Å²) in [5.74, 6) is 2.81. The first-order valence-electron chi connectivity index (χ1n) is 5.76. The van der Waals surface area contributed by atoms with Gasteiger partial charge in [-0.1, -0.05) is 0 Å². The first-order chi connectivity index (χ1) is 8.78. The normalized spacial score (nSPS) is 17.3. The van der Waals surface area contributed by atoms with E-state index in [9.17, 15) is 4.21 Å². The van der Waals surface area contributed by atoms with Crippen LogP contribution in [0.3, 0.4) is 0 Å². The molecular weight excluding hydrogens is 252 g/mol. The fourth-order valence-electron chi connectivity index (χ4n) is 2.02. The molecule has 1 aliphatic heterocycles. The lowest BCUT2D eigenvalue weighted by atomic mass is 10.3. The maximum Gasteiger partial charge on any atom is 0.226 e. The summed E-state index contributed by atoms with van der Waals surface area (Å²) in [6, 6.07) is 0. The summed E-state index contributed by atoms with van der Waals surface area (Å²) in [5, 5.41) is 10.7. The molecule has 2 aromatic heterocycles. The SMILES string of the molecule is CNc1nc(N2CCS(=O)CC2)c2cn[nH]c2n1. The Labute approximate surface area is 106 Å². The van der Waals surface area contributed by atoms with Crippen molar-refractivity contribution in [2.45, 2.75) is 0 Å². The van der Waals surface area contributed by atoms with Crippen LogP contribution in [-0.4, -0.2) is 56.0 Å². The van der Waals surface area contributed by atoms with Gasteiger partial charge in [-0.2, -0.15) is 15.1 Å². The molecule has 8 heteroatoms. The predicted molar refractivity (Wildman–Crippen MR) is 71.3 cm³/mol. The number of nitrogens with zero attached hydrogens (tertiary/aromatic N) is 4. The van der Waals surface area contributed by atoms with Gasteiger partial charge in [0.15, 0.2) is 5.65 Å². The zero-order chi connectivity index (χ0) is 12.5. The Morgan fingerprint density at radius 2 is 2.17 bits per heavy atom. The minimum Gasteiger partial charge on any atom is -0.357 e. The summed E-state index contributed by atoms with van der Waals surface area (Å²) in [6.07, 6.45) is 1.73. The van der Waals surface area contributed by atoms with E-state index in [0.717, 1.165) is 29.9 Å². The van der Waals surface area contributed by atoms with Gasteiger partial charge in [0.25, 0.3) is 0 Å². The molecule has 1 aliphatic rings. The smallest absolute Gasteiger partial charge is 0.226 e. The molecule has 0 spiro atoms. The molecule has 18 heavy (non-hydrogen) atoms. The quantitative estimate of drug-likeness (QED) is 0.793. The van der Waals surface area contributed by atoms with Gasteiger partial charge in [0.1, 0.15) is 5.82 Å². The molecule has 7 nitrogen and oxygen atoms in total. The second-order valence-corrected chi connectivity index (χ2v) is 5.78. The van der Waals surface area contributed by atoms with Crippen molar-refractivity contribution >= 4 is 33.6 Å². The maximum absolute atomic E-state index is 11.4. The van der Waals surface area contributed by atoms with Crippen molar-refractivity contribution in [3.63, 3.8) is 0 Å². The first-order valence-corrected chi connectivity index (χ1v) is 7.25. The zero-order valence-electron chi connectivity index (χ0n) is 10.0. The van der Waals surface area contributed by atoms with Gasteiger partial charge in [0, 0.05) is 42.4 Å². The molecule has 0 aromatic carbocycles. The monoisotopic (exact) mass is 266 g/mol. The number of hydrogen-bond acceptors (Lipinski definition) is 6. The van der Waals surface area contributed by atoms with E-state index in [0.29, 0.717) is 17.5 Å². The Bertz CT molecular complexity index is 587. The second-order valence-electron chi connectivity index (χ2n) is 4.09. The molecule has 96 valence electrons. The standard InChI is InChI=1S/C10H14N6OS/c1-11-10-13-8-7(6-12-15-8)9(14-10)16-2-4-18(17)5-3-16/h6H,2-5H2,1H3,(H2,11,12,13,14,15). The molecule has 1 saturated heterocycles. The van der Waals surface area contributed by atoms with Crippen molar-refractivity contribution in [1.82, 2.24) is 20.2 Å². The summed E-state index contributed by atoms with van der Waals surface area (Å²) in [4.78, 5) is 10.9. The summed E-state index contributed by atoms with van der Waals surface area (Å²) in [7, 11) is 1.09. The Morgan fingerprint density at radius 3 is 2.89 bits per heavy atom. The molecule has 2 N–H and O–H groups in total. The number of aromatic amines is 1. The minimum atomic E-state index is -0.690. The van der Waals surface area contributed by atoms with Crippen LogP contribution >= 0.6 is 0 Å². The molecule has 0 saturated carbocycles. The van der Waals surface area contributed by atoms with Crippen LogP contribution in [0.4, 0.5) is 11.8 Å². The van der Waals surface area contributed by atoms with Gasteiger partial charge >= 0.3 is 0 Å². The van der Waals surface area contributed by atoms with E-state index in [-0.39, 0.29) is 0 Å². The molecule has 0 unspecified atom stereocenters. The van der Waals surface area contributed by atoms with E-state index in [1.807, 2.05) is 0 Å². The Kier molecular flexibility index (Phi) is 2.86. The van der Waals surface area contributed by atoms with Crippen LogP contribution in [0.2, 0.25) is 0 Å². The molecule has 0 aliphatic carbocycles. The van der Waals surface area contributed by atoms with E-state index in [2.05, 4.69) is 30.4 Å². The molecule has 1 fully saturated rings. The van der Waals surface area contributed by atoms with E-state index in [4.69, 9.17) is 0 Å². The number of H-pyrrole nitrogens is 1. The Balaban J connectivity index is 2.03. The van der Waals surface area contributed by atoms with Crippen LogP contribution in [0.1, 0.15) is 0 Å². The fraction of sp³-hybridized carbons (Fsp3) is 0.500. The van der Waals surface area contributed by atoms with Gasteiger partial charge in [-0.05, 0) is 0 Å². The minimum absolute atomic E-state index is 0.563. The number of fused-ring (bicyclic) bond motifs is 1. The lowest BCUT2D eigenvalue weighted by Gasteiger charge is -2.27. The zero-order valence-corrected chi connectivity index (χ0v) is 10.8. The van der Waals surface area contributed by atoms with Crippen molar-refractivity contribution in [2.24, 2.45) is 0 Å². The molecule has 2 aromatic rings. The summed E-state index contributed by atoms with van der Waals surface area (Å²) in [5.41, 5.74) is 0.719. The van der Waals surface area contributed by atoms with Gasteiger partial charge in [-0.25, -0.2) is 0 Å².